The molecule has 4 nitrogen and oxygen atoms in total. The van der Waals surface area contributed by atoms with E-state index in [-0.39, 0.29) is 11.5 Å². The van der Waals surface area contributed by atoms with E-state index in [0.717, 1.165) is 5.56 Å². The quantitative estimate of drug-likeness (QED) is 0.643. The second-order valence-corrected chi connectivity index (χ2v) is 6.84. The molecule has 1 saturated heterocycles. The zero-order valence-corrected chi connectivity index (χ0v) is 14.6. The second kappa shape index (κ2) is 7.46. The number of benzene rings is 2. The molecule has 0 saturated carbocycles. The summed E-state index contributed by atoms with van der Waals surface area (Å²) >= 11 is 6.48. The minimum Gasteiger partial charge on any atom is -0.478 e. The van der Waals surface area contributed by atoms with Crippen LogP contribution in [-0.4, -0.2) is 21.3 Å². The van der Waals surface area contributed by atoms with E-state index in [0.29, 0.717) is 14.9 Å². The standard InChI is InChI=1S/C19H13NO3S2/c21-17-16(11-4-8-13-6-2-1-3-7-13)25-19(24)20(17)15-10-5-9-14(12-15)18(22)23/h1-12H,(H,22,23). The van der Waals surface area contributed by atoms with E-state index in [1.807, 2.05) is 36.4 Å². The van der Waals surface area contributed by atoms with E-state index in [1.54, 1.807) is 24.3 Å². The number of allylic oxidation sites excluding steroid dienone is 2. The summed E-state index contributed by atoms with van der Waals surface area (Å²) in [7, 11) is 0. The van der Waals surface area contributed by atoms with Crippen LogP contribution < -0.4 is 4.90 Å². The molecule has 0 atom stereocenters. The monoisotopic (exact) mass is 367 g/mol. The highest BCUT2D eigenvalue weighted by atomic mass is 32.2. The molecule has 1 heterocycles. The van der Waals surface area contributed by atoms with Gasteiger partial charge in [-0.3, -0.25) is 9.69 Å². The number of thiocarbonyl (C=S) groups is 1. The van der Waals surface area contributed by atoms with E-state index < -0.39 is 5.97 Å². The van der Waals surface area contributed by atoms with Gasteiger partial charge >= 0.3 is 5.97 Å². The minimum absolute atomic E-state index is 0.111. The molecule has 1 aliphatic heterocycles. The summed E-state index contributed by atoms with van der Waals surface area (Å²) in [5.74, 6) is -1.30. The van der Waals surface area contributed by atoms with Gasteiger partial charge in [-0.25, -0.2) is 4.79 Å². The summed E-state index contributed by atoms with van der Waals surface area (Å²) in [4.78, 5) is 25.6. The van der Waals surface area contributed by atoms with E-state index in [1.165, 1.54) is 28.8 Å². The van der Waals surface area contributed by atoms with E-state index in [4.69, 9.17) is 17.3 Å². The van der Waals surface area contributed by atoms with Crippen LogP contribution in [0.25, 0.3) is 6.08 Å². The van der Waals surface area contributed by atoms with Crippen molar-refractivity contribution in [2.24, 2.45) is 0 Å². The maximum Gasteiger partial charge on any atom is 0.335 e. The van der Waals surface area contributed by atoms with Crippen molar-refractivity contribution in [2.45, 2.75) is 0 Å². The van der Waals surface area contributed by atoms with Crippen molar-refractivity contribution in [3.05, 3.63) is 82.8 Å². The average Bonchev–Trinajstić information content (AvgIpc) is 2.90. The van der Waals surface area contributed by atoms with Gasteiger partial charge < -0.3 is 5.11 Å². The maximum absolute atomic E-state index is 12.6. The SMILES string of the molecule is O=C(O)c1cccc(N2C(=O)C(=CC=Cc3ccccc3)SC2=S)c1. The van der Waals surface area contributed by atoms with E-state index >= 15 is 0 Å². The van der Waals surface area contributed by atoms with E-state index in [2.05, 4.69) is 0 Å². The third-order valence-electron chi connectivity index (χ3n) is 3.48. The molecule has 0 unspecified atom stereocenters. The largest absolute Gasteiger partial charge is 0.478 e. The number of hydrogen-bond acceptors (Lipinski definition) is 4. The first kappa shape index (κ1) is 17.1. The Morgan fingerprint density at radius 1 is 1.12 bits per heavy atom. The number of rotatable bonds is 4. The van der Waals surface area contributed by atoms with Crippen molar-refractivity contribution in [3.63, 3.8) is 0 Å². The molecule has 2 aromatic rings. The van der Waals surface area contributed by atoms with Gasteiger partial charge in [0.2, 0.25) is 0 Å². The van der Waals surface area contributed by atoms with Crippen LogP contribution in [0.5, 0.6) is 0 Å². The third-order valence-corrected chi connectivity index (χ3v) is 4.80. The Morgan fingerprint density at radius 2 is 1.88 bits per heavy atom. The zero-order valence-electron chi connectivity index (χ0n) is 13.0. The van der Waals surface area contributed by atoms with Gasteiger partial charge in [-0.15, -0.1) is 0 Å². The fraction of sp³-hybridized carbons (Fsp3) is 0. The lowest BCUT2D eigenvalue weighted by Crippen LogP contribution is -2.27. The Labute approximate surface area is 154 Å². The van der Waals surface area contributed by atoms with E-state index in [9.17, 15) is 9.59 Å². The van der Waals surface area contributed by atoms with Crippen LogP contribution in [0.3, 0.4) is 0 Å². The Kier molecular flexibility index (Phi) is 5.11. The number of hydrogen-bond donors (Lipinski definition) is 1. The average molecular weight is 367 g/mol. The molecule has 0 spiro atoms. The molecular formula is C19H13NO3S2. The number of thioether (sulfide) groups is 1. The maximum atomic E-state index is 12.6. The molecule has 25 heavy (non-hydrogen) atoms. The van der Waals surface area contributed by atoms with Gasteiger partial charge in [0.05, 0.1) is 16.2 Å². The highest BCUT2D eigenvalue weighted by Gasteiger charge is 2.33. The number of aromatic carboxylic acids is 1. The van der Waals surface area contributed by atoms with Gasteiger partial charge in [-0.2, -0.15) is 0 Å². The van der Waals surface area contributed by atoms with Crippen LogP contribution in [-0.2, 0) is 4.79 Å². The number of amides is 1. The fourth-order valence-corrected chi connectivity index (χ4v) is 3.54. The predicted octanol–water partition coefficient (Wildman–Crippen LogP) is 4.35. The molecule has 1 aliphatic rings. The molecule has 1 fully saturated rings. The smallest absolute Gasteiger partial charge is 0.335 e. The molecule has 0 aliphatic carbocycles. The van der Waals surface area contributed by atoms with Crippen LogP contribution in [0, 0.1) is 0 Å². The number of carboxylic acid groups (broad SMARTS) is 1. The first-order chi connectivity index (χ1) is 12.1. The van der Waals surface area contributed by atoms with Crippen LogP contribution >= 0.6 is 24.0 Å². The van der Waals surface area contributed by atoms with Gasteiger partial charge in [-0.1, -0.05) is 72.5 Å². The molecule has 3 rings (SSSR count). The summed E-state index contributed by atoms with van der Waals surface area (Å²) < 4.78 is 0.381. The van der Waals surface area contributed by atoms with Crippen molar-refractivity contribution in [1.82, 2.24) is 0 Å². The normalized spacial score (nSPS) is 16.2. The number of carbonyl (C=O) groups is 2. The summed E-state index contributed by atoms with van der Waals surface area (Å²) in [6.45, 7) is 0. The Bertz CT molecular complexity index is 904. The molecule has 6 heteroatoms. The molecule has 1 amide bonds. The van der Waals surface area contributed by atoms with Gasteiger partial charge in [-0.05, 0) is 29.8 Å². The van der Waals surface area contributed by atoms with Crippen LogP contribution in [0.15, 0.2) is 71.7 Å². The van der Waals surface area contributed by atoms with Gasteiger partial charge in [0.15, 0.2) is 4.32 Å². The Morgan fingerprint density at radius 3 is 2.60 bits per heavy atom. The first-order valence-corrected chi connectivity index (χ1v) is 8.62. The number of nitrogens with zero attached hydrogens (tertiary/aromatic N) is 1. The van der Waals surface area contributed by atoms with Gasteiger partial charge in [0.1, 0.15) is 0 Å². The minimum atomic E-state index is -1.05. The summed E-state index contributed by atoms with van der Waals surface area (Å²) in [5.41, 5.74) is 1.60. The molecule has 1 N–H and O–H groups in total. The second-order valence-electron chi connectivity index (χ2n) is 5.16. The number of anilines is 1. The van der Waals surface area contributed by atoms with Crippen molar-refractivity contribution >= 4 is 51.9 Å². The van der Waals surface area contributed by atoms with Crippen molar-refractivity contribution in [3.8, 4) is 0 Å². The highest BCUT2D eigenvalue weighted by Crippen LogP contribution is 2.35. The van der Waals surface area contributed by atoms with Crippen molar-refractivity contribution in [1.29, 1.82) is 0 Å². The molecule has 0 radical (unpaired) electrons. The number of carbonyl (C=O) groups excluding carboxylic acids is 1. The molecule has 2 aromatic carbocycles. The summed E-state index contributed by atoms with van der Waals surface area (Å²) in [6, 6.07) is 15.9. The van der Waals surface area contributed by atoms with Crippen LogP contribution in [0.2, 0.25) is 0 Å². The van der Waals surface area contributed by atoms with Gasteiger partial charge in [0, 0.05) is 0 Å². The summed E-state index contributed by atoms with van der Waals surface area (Å²) in [6.07, 6.45) is 5.42. The summed E-state index contributed by atoms with van der Waals surface area (Å²) in [5, 5.41) is 9.10. The topological polar surface area (TPSA) is 57.6 Å². The van der Waals surface area contributed by atoms with Crippen LogP contribution in [0.1, 0.15) is 15.9 Å². The lowest BCUT2D eigenvalue weighted by molar-refractivity contribution is -0.113. The lowest BCUT2D eigenvalue weighted by atomic mass is 10.2. The molecule has 124 valence electrons. The lowest BCUT2D eigenvalue weighted by Gasteiger charge is -2.14. The number of carboxylic acids is 1. The zero-order chi connectivity index (χ0) is 17.8. The van der Waals surface area contributed by atoms with Crippen molar-refractivity contribution < 1.29 is 14.7 Å². The molecular weight excluding hydrogens is 354 g/mol. The Hall–Kier alpha value is -2.70. The molecule has 0 bridgehead atoms. The first-order valence-electron chi connectivity index (χ1n) is 7.39. The highest BCUT2D eigenvalue weighted by molar-refractivity contribution is 8.27. The van der Waals surface area contributed by atoms with Crippen molar-refractivity contribution in [2.75, 3.05) is 4.90 Å². The predicted molar refractivity (Wildman–Crippen MR) is 105 cm³/mol. The Balaban J connectivity index is 1.83. The third kappa shape index (κ3) is 3.87. The fourth-order valence-electron chi connectivity index (χ4n) is 2.29. The van der Waals surface area contributed by atoms with Gasteiger partial charge in [0.25, 0.3) is 5.91 Å². The molecule has 0 aromatic heterocycles. The van der Waals surface area contributed by atoms with Crippen LogP contribution in [0.4, 0.5) is 5.69 Å².